The Bertz CT molecular complexity index is 687. The van der Waals surface area contributed by atoms with Gasteiger partial charge in [0, 0.05) is 27.8 Å². The van der Waals surface area contributed by atoms with Crippen molar-refractivity contribution in [3.63, 3.8) is 0 Å². The Balaban J connectivity index is 3.96. The molecule has 5 heteroatoms. The first-order valence-electron chi connectivity index (χ1n) is 6.70. The lowest BCUT2D eigenvalue weighted by Crippen LogP contribution is -2.11. The molecule has 0 aliphatic carbocycles. The summed E-state index contributed by atoms with van der Waals surface area (Å²) in [5.41, 5.74) is 0.808. The molecule has 0 saturated heterocycles. The molecule has 0 fully saturated rings. The fourth-order valence-electron chi connectivity index (χ4n) is 2.19. The Hall–Kier alpha value is -3.08. The van der Waals surface area contributed by atoms with Gasteiger partial charge < -0.3 is 4.74 Å². The third-order valence-corrected chi connectivity index (χ3v) is 3.23. The Morgan fingerprint density at radius 2 is 1.70 bits per heavy atom. The first kappa shape index (κ1) is 18.0. The summed E-state index contributed by atoms with van der Waals surface area (Å²) in [7, 11) is 1.20. The highest BCUT2D eigenvalue weighted by Crippen LogP contribution is 2.32. The highest BCUT2D eigenvalue weighted by Gasteiger charge is 2.23. The quantitative estimate of drug-likeness (QED) is 0.335. The monoisotopic (exact) mass is 312 g/mol. The van der Waals surface area contributed by atoms with Crippen molar-refractivity contribution in [2.45, 2.75) is 6.92 Å². The molecule has 0 amide bonds. The summed E-state index contributed by atoms with van der Waals surface area (Å²) in [6, 6.07) is 4.52. The predicted octanol–water partition coefficient (Wildman–Crippen LogP) is 2.57. The van der Waals surface area contributed by atoms with Crippen molar-refractivity contribution in [3.05, 3.63) is 64.8 Å². The Kier molecular flexibility index (Phi) is 6.55. The van der Waals surface area contributed by atoms with Crippen molar-refractivity contribution in [3.8, 4) is 0 Å². The minimum Gasteiger partial charge on any atom is -0.465 e. The van der Waals surface area contributed by atoms with Gasteiger partial charge in [0.1, 0.15) is 0 Å². The maximum absolute atomic E-state index is 12.0. The van der Waals surface area contributed by atoms with Crippen molar-refractivity contribution < 1.29 is 23.9 Å². The number of allylic oxidation sites excluding steroid dienone is 3. The molecule has 23 heavy (non-hydrogen) atoms. The van der Waals surface area contributed by atoms with Crippen molar-refractivity contribution in [2.24, 2.45) is 0 Å². The van der Waals surface area contributed by atoms with E-state index >= 15 is 0 Å². The summed E-state index contributed by atoms with van der Waals surface area (Å²) < 4.78 is 4.72. The summed E-state index contributed by atoms with van der Waals surface area (Å²) in [5, 5.41) is 0. The predicted molar refractivity (Wildman–Crippen MR) is 86.2 cm³/mol. The van der Waals surface area contributed by atoms with Crippen molar-refractivity contribution in [2.75, 3.05) is 7.11 Å². The Morgan fingerprint density at radius 1 is 1.13 bits per heavy atom. The average Bonchev–Trinajstić information content (AvgIpc) is 2.60. The summed E-state index contributed by atoms with van der Waals surface area (Å²) in [4.78, 5) is 46.2. The van der Waals surface area contributed by atoms with Gasteiger partial charge in [-0.05, 0) is 6.92 Å². The zero-order valence-electron chi connectivity index (χ0n) is 12.9. The van der Waals surface area contributed by atoms with E-state index in [4.69, 9.17) is 4.74 Å². The smallest absolute Gasteiger partial charge is 0.338 e. The second kappa shape index (κ2) is 8.38. The lowest BCUT2D eigenvalue weighted by atomic mass is 9.87. The molecule has 0 saturated carbocycles. The number of carbonyl (C=O) groups excluding carboxylic acids is 4. The van der Waals surface area contributed by atoms with Crippen LogP contribution in [-0.2, 0) is 14.3 Å². The topological polar surface area (TPSA) is 77.5 Å². The van der Waals surface area contributed by atoms with Gasteiger partial charge in [-0.25, -0.2) is 4.79 Å². The number of methoxy groups -OCH3 is 1. The minimum atomic E-state index is -0.693. The lowest BCUT2D eigenvalue weighted by Gasteiger charge is -2.16. The summed E-state index contributed by atoms with van der Waals surface area (Å²) in [5.74, 6) is -0.693. The third kappa shape index (κ3) is 3.58. The van der Waals surface area contributed by atoms with Crippen LogP contribution in [0.3, 0.4) is 0 Å². The first-order valence-corrected chi connectivity index (χ1v) is 6.70. The van der Waals surface area contributed by atoms with Crippen LogP contribution in [0.5, 0.6) is 0 Å². The van der Waals surface area contributed by atoms with Crippen LogP contribution in [0.4, 0.5) is 0 Å². The summed E-state index contributed by atoms with van der Waals surface area (Å²) in [6.07, 6.45) is 4.32. The van der Waals surface area contributed by atoms with Crippen LogP contribution in [0.15, 0.2) is 48.1 Å². The van der Waals surface area contributed by atoms with E-state index in [-0.39, 0.29) is 33.4 Å². The molecule has 0 aliphatic heterocycles. The number of rotatable bonds is 7. The molecule has 1 aromatic rings. The van der Waals surface area contributed by atoms with Gasteiger partial charge in [0.15, 0.2) is 18.9 Å². The fraction of sp³-hybridized carbons (Fsp3) is 0.111. The van der Waals surface area contributed by atoms with E-state index in [1.54, 1.807) is 6.92 Å². The number of esters is 1. The molecule has 0 bridgehead atoms. The van der Waals surface area contributed by atoms with E-state index in [2.05, 4.69) is 6.58 Å². The highest BCUT2D eigenvalue weighted by atomic mass is 16.5. The van der Waals surface area contributed by atoms with Crippen LogP contribution < -0.4 is 0 Å². The summed E-state index contributed by atoms with van der Waals surface area (Å²) >= 11 is 0. The molecule has 0 N–H and O–H groups in total. The molecule has 0 spiro atoms. The van der Waals surface area contributed by atoms with Crippen LogP contribution >= 0.6 is 0 Å². The van der Waals surface area contributed by atoms with Crippen LogP contribution in [0.1, 0.15) is 33.2 Å². The van der Waals surface area contributed by atoms with E-state index in [0.717, 1.165) is 0 Å². The van der Waals surface area contributed by atoms with Crippen molar-refractivity contribution >= 4 is 30.4 Å². The van der Waals surface area contributed by atoms with Gasteiger partial charge in [0.2, 0.25) is 0 Å². The van der Waals surface area contributed by atoms with Gasteiger partial charge in [0.05, 0.1) is 12.7 Å². The van der Waals surface area contributed by atoms with Gasteiger partial charge in [-0.1, -0.05) is 36.9 Å². The zero-order chi connectivity index (χ0) is 17.4. The van der Waals surface area contributed by atoms with Gasteiger partial charge in [-0.3, -0.25) is 14.4 Å². The molecule has 1 aromatic carbocycles. The van der Waals surface area contributed by atoms with Gasteiger partial charge in [-0.15, -0.1) is 0 Å². The van der Waals surface area contributed by atoms with E-state index < -0.39 is 5.97 Å². The summed E-state index contributed by atoms with van der Waals surface area (Å²) in [6.45, 7) is 5.13. The SMILES string of the molecule is C=C/C(C=O)=C(\C(=C/C)C(=O)OC)c1c(C=O)cccc1C=O. The molecule has 0 heterocycles. The van der Waals surface area contributed by atoms with Gasteiger partial charge in [0.25, 0.3) is 0 Å². The number of hydrogen-bond donors (Lipinski definition) is 0. The number of benzene rings is 1. The Morgan fingerprint density at radius 3 is 2.04 bits per heavy atom. The van der Waals surface area contributed by atoms with Crippen molar-refractivity contribution in [1.29, 1.82) is 0 Å². The van der Waals surface area contributed by atoms with Crippen LogP contribution in [-0.4, -0.2) is 31.9 Å². The van der Waals surface area contributed by atoms with Crippen LogP contribution in [0.2, 0.25) is 0 Å². The normalized spacial score (nSPS) is 12.0. The van der Waals surface area contributed by atoms with E-state index in [1.165, 1.54) is 37.5 Å². The molecular formula is C18H16O5. The second-order valence-electron chi connectivity index (χ2n) is 4.39. The average molecular weight is 312 g/mol. The number of hydrogen-bond acceptors (Lipinski definition) is 5. The van der Waals surface area contributed by atoms with Gasteiger partial charge >= 0.3 is 5.97 Å². The highest BCUT2D eigenvalue weighted by molar-refractivity contribution is 6.14. The standard InChI is InChI=1S/C18H16O5/c1-4-12(9-19)17(15(5-2)18(22)23-3)16-13(10-20)7-6-8-14(16)11-21/h4-11H,1H2,2-3H3/b15-5+,17-12-. The second-order valence-corrected chi connectivity index (χ2v) is 4.39. The van der Waals surface area contributed by atoms with E-state index in [1.807, 2.05) is 0 Å². The zero-order valence-corrected chi connectivity index (χ0v) is 12.9. The molecule has 118 valence electrons. The molecule has 0 aliphatic rings. The number of aldehydes is 3. The van der Waals surface area contributed by atoms with E-state index in [0.29, 0.717) is 18.9 Å². The molecular weight excluding hydrogens is 296 g/mol. The Labute approximate surface area is 134 Å². The molecule has 5 nitrogen and oxygen atoms in total. The van der Waals surface area contributed by atoms with Crippen LogP contribution in [0.25, 0.3) is 5.57 Å². The van der Waals surface area contributed by atoms with Crippen LogP contribution in [0, 0.1) is 0 Å². The third-order valence-electron chi connectivity index (χ3n) is 3.23. The maximum atomic E-state index is 12.0. The molecule has 0 aromatic heterocycles. The largest absolute Gasteiger partial charge is 0.465 e. The van der Waals surface area contributed by atoms with E-state index in [9.17, 15) is 19.2 Å². The molecule has 1 rings (SSSR count). The number of carbonyl (C=O) groups is 4. The molecule has 0 atom stereocenters. The number of ether oxygens (including phenoxy) is 1. The van der Waals surface area contributed by atoms with Gasteiger partial charge in [-0.2, -0.15) is 0 Å². The maximum Gasteiger partial charge on any atom is 0.338 e. The first-order chi connectivity index (χ1) is 11.1. The lowest BCUT2D eigenvalue weighted by molar-refractivity contribution is -0.135. The molecule has 0 unspecified atom stereocenters. The minimum absolute atomic E-state index is 0.0619. The fourth-order valence-corrected chi connectivity index (χ4v) is 2.19. The molecule has 0 radical (unpaired) electrons. The van der Waals surface area contributed by atoms with Crippen molar-refractivity contribution in [1.82, 2.24) is 0 Å².